The van der Waals surface area contributed by atoms with Gasteiger partial charge in [0.05, 0.1) is 0 Å². The Kier molecular flexibility index (Phi) is 5.19. The van der Waals surface area contributed by atoms with Crippen molar-refractivity contribution in [3.05, 3.63) is 24.3 Å². The third kappa shape index (κ3) is 3.88. The van der Waals surface area contributed by atoms with Crippen LogP contribution in [0.5, 0.6) is 0 Å². The quantitative estimate of drug-likeness (QED) is 0.605. The van der Waals surface area contributed by atoms with Gasteiger partial charge in [-0.1, -0.05) is 0 Å². The van der Waals surface area contributed by atoms with Gasteiger partial charge in [-0.3, -0.25) is 0 Å². The molecule has 15 heavy (non-hydrogen) atoms. The van der Waals surface area contributed by atoms with Gasteiger partial charge in [-0.05, 0) is 0 Å². The summed E-state index contributed by atoms with van der Waals surface area (Å²) in [5.41, 5.74) is 0.931. The van der Waals surface area contributed by atoms with Crippen LogP contribution in [0.2, 0.25) is 0 Å². The minimum absolute atomic E-state index is 0.111. The van der Waals surface area contributed by atoms with Gasteiger partial charge in [0.25, 0.3) is 0 Å². The Bertz CT molecular complexity index is 326. The molecule has 0 fully saturated rings. The monoisotopic (exact) mass is 284 g/mol. The number of carbonyl (C=O) groups excluding carboxylic acids is 1. The molecule has 3 radical (unpaired) electrons. The Morgan fingerprint density at radius 1 is 1.40 bits per heavy atom. The molecule has 4 heteroatoms. The number of benzene rings is 1. The Morgan fingerprint density at radius 2 is 2.00 bits per heavy atom. The number of nitrogens with zero attached hydrogens (tertiary/aromatic N) is 1. The van der Waals surface area contributed by atoms with Crippen molar-refractivity contribution < 1.29 is 4.79 Å². The predicted octanol–water partition coefficient (Wildman–Crippen LogP) is 1.46. The molecule has 0 bridgehead atoms. The normalized spacial score (nSPS) is 10.1. The Balaban J connectivity index is 2.63. The van der Waals surface area contributed by atoms with E-state index in [9.17, 15) is 4.79 Å². The number of hydrogen-bond acceptors (Lipinski definition) is 1. The van der Waals surface area contributed by atoms with Crippen molar-refractivity contribution in [2.75, 3.05) is 17.8 Å². The first-order chi connectivity index (χ1) is 7.15. The number of amides is 1. The Morgan fingerprint density at radius 3 is 2.53 bits per heavy atom. The van der Waals surface area contributed by atoms with Crippen LogP contribution in [0, 0.1) is 0 Å². The van der Waals surface area contributed by atoms with Crippen molar-refractivity contribution in [3.63, 3.8) is 0 Å². The van der Waals surface area contributed by atoms with Crippen LogP contribution in [-0.2, 0) is 4.79 Å². The van der Waals surface area contributed by atoms with Crippen molar-refractivity contribution in [1.82, 2.24) is 0 Å². The molecule has 0 saturated carbocycles. The van der Waals surface area contributed by atoms with E-state index >= 15 is 0 Å². The fourth-order valence-electron chi connectivity index (χ4n) is 1.21. The molecular weight excluding hydrogens is 270 g/mol. The van der Waals surface area contributed by atoms with Gasteiger partial charge in [0.1, 0.15) is 0 Å². The number of halogens is 1. The van der Waals surface area contributed by atoms with Gasteiger partial charge in [0.15, 0.2) is 0 Å². The molecule has 79 valence electrons. The van der Waals surface area contributed by atoms with E-state index < -0.39 is 0 Å². The van der Waals surface area contributed by atoms with Crippen LogP contribution in [0.3, 0.4) is 0 Å². The average molecular weight is 283 g/mol. The summed E-state index contributed by atoms with van der Waals surface area (Å²) in [5.74, 6) is 0.646. The van der Waals surface area contributed by atoms with E-state index in [1.54, 1.807) is 11.9 Å². The first-order valence-corrected chi connectivity index (χ1v) is 6.37. The second kappa shape index (κ2) is 6.18. The summed E-state index contributed by atoms with van der Waals surface area (Å²) in [6.45, 7) is 0. The molecule has 0 atom stereocenters. The van der Waals surface area contributed by atoms with E-state index in [1.807, 2.05) is 40.8 Å². The molecule has 0 aliphatic heterocycles. The van der Waals surface area contributed by atoms with E-state index in [-0.39, 0.29) is 5.91 Å². The van der Waals surface area contributed by atoms with Gasteiger partial charge in [-0.25, -0.2) is 0 Å². The SMILES string of the molecule is CN(C(=O)CCCCl)c1cc[c]([Ge])cc1. The third-order valence-corrected chi connectivity index (χ3v) is 3.12. The number of hydrogen-bond donors (Lipinski definition) is 0. The van der Waals surface area contributed by atoms with Crippen LogP contribution in [-0.4, -0.2) is 35.3 Å². The van der Waals surface area contributed by atoms with Gasteiger partial charge in [-0.2, -0.15) is 0 Å². The van der Waals surface area contributed by atoms with E-state index in [0.717, 1.165) is 12.1 Å². The zero-order valence-corrected chi connectivity index (χ0v) is 11.5. The number of carbonyl (C=O) groups is 1. The molecular formula is C11H13ClGeNO. The molecule has 0 N–H and O–H groups in total. The fraction of sp³-hybridized carbons (Fsp3) is 0.364. The van der Waals surface area contributed by atoms with Crippen LogP contribution in [0.4, 0.5) is 5.69 Å². The first-order valence-electron chi connectivity index (χ1n) is 4.79. The first kappa shape index (κ1) is 12.6. The van der Waals surface area contributed by atoms with E-state index in [0.29, 0.717) is 12.3 Å². The maximum absolute atomic E-state index is 11.7. The summed E-state index contributed by atoms with van der Waals surface area (Å²) in [6.07, 6.45) is 1.24. The molecule has 0 unspecified atom stereocenters. The zero-order valence-electron chi connectivity index (χ0n) is 8.66. The number of anilines is 1. The van der Waals surface area contributed by atoms with Crippen molar-refractivity contribution >= 4 is 44.1 Å². The Hall–Kier alpha value is -0.477. The number of alkyl halides is 1. The van der Waals surface area contributed by atoms with Crippen LogP contribution in [0.15, 0.2) is 24.3 Å². The summed E-state index contributed by atoms with van der Waals surface area (Å²) in [6, 6.07) is 7.91. The Labute approximate surface area is 104 Å². The molecule has 1 rings (SSSR count). The molecule has 0 aliphatic carbocycles. The third-order valence-electron chi connectivity index (χ3n) is 2.15. The maximum atomic E-state index is 11.7. The molecule has 1 aromatic carbocycles. The standard InChI is InChI=1S/C11H13ClGeNO/c1-14(11(15)3-2-8-12)10-6-4-9(13)5-7-10/h4-7H,2-3,8H2,1H3. The molecule has 1 amide bonds. The van der Waals surface area contributed by atoms with Crippen LogP contribution < -0.4 is 9.30 Å². The summed E-state index contributed by atoms with van der Waals surface area (Å²) >= 11 is 7.57. The molecule has 0 aliphatic rings. The molecule has 0 saturated heterocycles. The van der Waals surface area contributed by atoms with Crippen molar-refractivity contribution in [1.29, 1.82) is 0 Å². The van der Waals surface area contributed by atoms with E-state index in [2.05, 4.69) is 0 Å². The average Bonchev–Trinajstić information content (AvgIpc) is 2.26. The van der Waals surface area contributed by atoms with Crippen molar-refractivity contribution in [2.24, 2.45) is 0 Å². The number of rotatable bonds is 4. The summed E-state index contributed by atoms with van der Waals surface area (Å²) < 4.78 is 1.19. The van der Waals surface area contributed by atoms with Gasteiger partial charge < -0.3 is 0 Å². The van der Waals surface area contributed by atoms with Crippen LogP contribution in [0.1, 0.15) is 12.8 Å². The second-order valence-corrected chi connectivity index (χ2v) is 4.88. The zero-order chi connectivity index (χ0) is 11.3. The van der Waals surface area contributed by atoms with Gasteiger partial charge >= 0.3 is 104 Å². The predicted molar refractivity (Wildman–Crippen MR) is 65.2 cm³/mol. The molecule has 1 aromatic rings. The van der Waals surface area contributed by atoms with Gasteiger partial charge in [-0.15, -0.1) is 0 Å². The molecule has 0 heterocycles. The summed E-state index contributed by atoms with van der Waals surface area (Å²) in [7, 11) is 1.79. The molecule has 0 aromatic heterocycles. The van der Waals surface area contributed by atoms with E-state index in [4.69, 9.17) is 11.6 Å². The van der Waals surface area contributed by atoms with Gasteiger partial charge in [0, 0.05) is 0 Å². The fourth-order valence-corrected chi connectivity index (χ4v) is 1.70. The van der Waals surface area contributed by atoms with Crippen molar-refractivity contribution in [2.45, 2.75) is 12.8 Å². The van der Waals surface area contributed by atoms with Crippen LogP contribution in [0.25, 0.3) is 0 Å². The minimum atomic E-state index is 0.111. The molecule has 0 spiro atoms. The van der Waals surface area contributed by atoms with E-state index in [1.165, 1.54) is 4.40 Å². The second-order valence-electron chi connectivity index (χ2n) is 3.29. The topological polar surface area (TPSA) is 20.3 Å². The molecule has 2 nitrogen and oxygen atoms in total. The van der Waals surface area contributed by atoms with Gasteiger partial charge in [0.2, 0.25) is 0 Å². The summed E-state index contributed by atoms with van der Waals surface area (Å²) in [5, 5.41) is 0. The van der Waals surface area contributed by atoms with Crippen LogP contribution >= 0.6 is 11.6 Å². The van der Waals surface area contributed by atoms with Crippen molar-refractivity contribution in [3.8, 4) is 0 Å². The summed E-state index contributed by atoms with van der Waals surface area (Å²) in [4.78, 5) is 13.3.